The SMILES string of the molecule is NC(=O)COc1cccc2c1c1c(C(N)=O)cccc1n2Cc1ccccc1. The number of benzene rings is 3. The number of hydrogen-bond donors (Lipinski definition) is 2. The summed E-state index contributed by atoms with van der Waals surface area (Å²) in [6, 6.07) is 21.1. The third-order valence-corrected chi connectivity index (χ3v) is 4.70. The highest BCUT2D eigenvalue weighted by molar-refractivity contribution is 6.19. The van der Waals surface area contributed by atoms with Crippen LogP contribution in [-0.4, -0.2) is 23.0 Å². The molecule has 4 aromatic rings. The summed E-state index contributed by atoms with van der Waals surface area (Å²) in [7, 11) is 0. The zero-order valence-corrected chi connectivity index (χ0v) is 15.1. The number of hydrogen-bond acceptors (Lipinski definition) is 3. The van der Waals surface area contributed by atoms with Gasteiger partial charge in [0.05, 0.1) is 16.4 Å². The second-order valence-corrected chi connectivity index (χ2v) is 6.54. The average Bonchev–Trinajstić information content (AvgIpc) is 3.01. The molecule has 28 heavy (non-hydrogen) atoms. The van der Waals surface area contributed by atoms with Crippen LogP contribution in [-0.2, 0) is 11.3 Å². The van der Waals surface area contributed by atoms with Gasteiger partial charge in [0.25, 0.3) is 5.91 Å². The number of amides is 2. The minimum absolute atomic E-state index is 0.247. The topological polar surface area (TPSA) is 100 Å². The van der Waals surface area contributed by atoms with Crippen molar-refractivity contribution in [3.8, 4) is 5.75 Å². The third kappa shape index (κ3) is 3.05. The van der Waals surface area contributed by atoms with Crippen molar-refractivity contribution in [2.75, 3.05) is 6.61 Å². The lowest BCUT2D eigenvalue weighted by Crippen LogP contribution is -2.20. The molecule has 0 spiro atoms. The highest BCUT2D eigenvalue weighted by atomic mass is 16.5. The number of nitrogens with two attached hydrogens (primary N) is 2. The summed E-state index contributed by atoms with van der Waals surface area (Å²) in [6.07, 6.45) is 0. The van der Waals surface area contributed by atoms with Gasteiger partial charge in [-0.1, -0.05) is 42.5 Å². The van der Waals surface area contributed by atoms with Crippen molar-refractivity contribution in [2.24, 2.45) is 11.5 Å². The number of primary amides is 2. The lowest BCUT2D eigenvalue weighted by Gasteiger charge is -2.09. The van der Waals surface area contributed by atoms with Gasteiger partial charge in [0.1, 0.15) is 5.75 Å². The van der Waals surface area contributed by atoms with Crippen LogP contribution in [0.1, 0.15) is 15.9 Å². The normalized spacial score (nSPS) is 11.0. The molecule has 0 atom stereocenters. The van der Waals surface area contributed by atoms with Gasteiger partial charge in [0.15, 0.2) is 6.61 Å². The second kappa shape index (κ2) is 7.08. The van der Waals surface area contributed by atoms with E-state index in [1.54, 1.807) is 12.1 Å². The molecule has 4 N–H and O–H groups in total. The van der Waals surface area contributed by atoms with Crippen LogP contribution in [0.5, 0.6) is 5.75 Å². The van der Waals surface area contributed by atoms with E-state index in [2.05, 4.69) is 4.57 Å². The Kier molecular flexibility index (Phi) is 4.45. The van der Waals surface area contributed by atoms with E-state index in [0.29, 0.717) is 23.2 Å². The zero-order chi connectivity index (χ0) is 19.7. The van der Waals surface area contributed by atoms with Crippen molar-refractivity contribution < 1.29 is 14.3 Å². The van der Waals surface area contributed by atoms with Crippen molar-refractivity contribution in [1.82, 2.24) is 4.57 Å². The van der Waals surface area contributed by atoms with Gasteiger partial charge in [-0.15, -0.1) is 0 Å². The van der Waals surface area contributed by atoms with Crippen molar-refractivity contribution in [3.05, 3.63) is 77.9 Å². The molecule has 6 nitrogen and oxygen atoms in total. The quantitative estimate of drug-likeness (QED) is 0.543. The Morgan fingerprint density at radius 3 is 2.18 bits per heavy atom. The number of carbonyl (C=O) groups is 2. The number of ether oxygens (including phenoxy) is 1. The van der Waals surface area contributed by atoms with Crippen LogP contribution in [0.2, 0.25) is 0 Å². The summed E-state index contributed by atoms with van der Waals surface area (Å²) >= 11 is 0. The van der Waals surface area contributed by atoms with Crippen LogP contribution in [0.3, 0.4) is 0 Å². The van der Waals surface area contributed by atoms with Gasteiger partial charge in [-0.25, -0.2) is 0 Å². The van der Waals surface area contributed by atoms with Crippen LogP contribution in [0, 0.1) is 0 Å². The number of carbonyl (C=O) groups excluding carboxylic acids is 2. The lowest BCUT2D eigenvalue weighted by molar-refractivity contribution is -0.119. The summed E-state index contributed by atoms with van der Waals surface area (Å²) in [5.41, 5.74) is 14.2. The number of nitrogens with zero attached hydrogens (tertiary/aromatic N) is 1. The molecule has 1 aromatic heterocycles. The summed E-state index contributed by atoms with van der Waals surface area (Å²) in [5.74, 6) is -0.601. The fourth-order valence-electron chi connectivity index (χ4n) is 3.56. The maximum atomic E-state index is 12.1. The predicted octanol–water partition coefficient (Wildman–Crippen LogP) is 2.81. The minimum Gasteiger partial charge on any atom is -0.483 e. The average molecular weight is 373 g/mol. The fourth-order valence-corrected chi connectivity index (χ4v) is 3.56. The highest BCUT2D eigenvalue weighted by Crippen LogP contribution is 2.38. The molecule has 1 heterocycles. The van der Waals surface area contributed by atoms with Crippen molar-refractivity contribution in [3.63, 3.8) is 0 Å². The van der Waals surface area contributed by atoms with E-state index < -0.39 is 11.8 Å². The van der Waals surface area contributed by atoms with Crippen LogP contribution in [0.25, 0.3) is 21.8 Å². The Hall–Kier alpha value is -3.80. The van der Waals surface area contributed by atoms with E-state index >= 15 is 0 Å². The molecule has 0 aliphatic carbocycles. The molecule has 0 fully saturated rings. The number of rotatable bonds is 6. The molecule has 0 saturated carbocycles. The van der Waals surface area contributed by atoms with Crippen molar-refractivity contribution >= 4 is 33.6 Å². The van der Waals surface area contributed by atoms with E-state index in [4.69, 9.17) is 16.2 Å². The van der Waals surface area contributed by atoms with Crippen LogP contribution in [0.15, 0.2) is 66.7 Å². The van der Waals surface area contributed by atoms with Gasteiger partial charge >= 0.3 is 0 Å². The molecule has 140 valence electrons. The van der Waals surface area contributed by atoms with E-state index in [1.165, 1.54) is 0 Å². The first-order valence-corrected chi connectivity index (χ1v) is 8.85. The van der Waals surface area contributed by atoms with Gasteiger partial charge in [-0.2, -0.15) is 0 Å². The molecular weight excluding hydrogens is 354 g/mol. The van der Waals surface area contributed by atoms with E-state index in [9.17, 15) is 9.59 Å². The smallest absolute Gasteiger partial charge is 0.255 e. The van der Waals surface area contributed by atoms with Gasteiger partial charge in [0.2, 0.25) is 5.91 Å². The molecule has 0 saturated heterocycles. The van der Waals surface area contributed by atoms with E-state index in [1.807, 2.05) is 54.6 Å². The summed E-state index contributed by atoms with van der Waals surface area (Å²) in [5, 5.41) is 1.45. The second-order valence-electron chi connectivity index (χ2n) is 6.54. The third-order valence-electron chi connectivity index (χ3n) is 4.70. The van der Waals surface area contributed by atoms with Crippen molar-refractivity contribution in [1.29, 1.82) is 0 Å². The van der Waals surface area contributed by atoms with Crippen LogP contribution < -0.4 is 16.2 Å². The van der Waals surface area contributed by atoms with Gasteiger partial charge in [-0.05, 0) is 29.8 Å². The lowest BCUT2D eigenvalue weighted by atomic mass is 10.1. The summed E-state index contributed by atoms with van der Waals surface area (Å²) in [6.45, 7) is 0.367. The first-order valence-electron chi connectivity index (χ1n) is 8.85. The molecule has 0 aliphatic heterocycles. The maximum absolute atomic E-state index is 12.1. The molecule has 6 heteroatoms. The van der Waals surface area contributed by atoms with Gasteiger partial charge < -0.3 is 20.8 Å². The molecule has 4 rings (SSSR count). The van der Waals surface area contributed by atoms with Gasteiger partial charge in [-0.3, -0.25) is 9.59 Å². The molecule has 0 unspecified atom stereocenters. The molecule has 0 radical (unpaired) electrons. The molecule has 3 aromatic carbocycles. The minimum atomic E-state index is -0.569. The molecule has 2 amide bonds. The monoisotopic (exact) mass is 373 g/mol. The Bertz CT molecular complexity index is 1200. The Balaban J connectivity index is 2.03. The molecule has 0 aliphatic rings. The fraction of sp³-hybridized carbons (Fsp3) is 0.0909. The standard InChI is InChI=1S/C22H19N3O3/c23-19(26)13-28-18-11-5-10-17-21(18)20-15(22(24)27)8-4-9-16(20)25(17)12-14-6-2-1-3-7-14/h1-11H,12-13H2,(H2,23,26)(H2,24,27). The van der Waals surface area contributed by atoms with E-state index in [-0.39, 0.29) is 6.61 Å². The van der Waals surface area contributed by atoms with Crippen molar-refractivity contribution in [2.45, 2.75) is 6.54 Å². The first kappa shape index (κ1) is 17.6. The van der Waals surface area contributed by atoms with Gasteiger partial charge in [0, 0.05) is 17.5 Å². The largest absolute Gasteiger partial charge is 0.483 e. The maximum Gasteiger partial charge on any atom is 0.255 e. The zero-order valence-electron chi connectivity index (χ0n) is 15.1. The highest BCUT2D eigenvalue weighted by Gasteiger charge is 2.19. The number of aromatic nitrogens is 1. The summed E-state index contributed by atoms with van der Waals surface area (Å²) < 4.78 is 7.76. The summed E-state index contributed by atoms with van der Waals surface area (Å²) in [4.78, 5) is 23.3. The first-order chi connectivity index (χ1) is 13.6. The Morgan fingerprint density at radius 2 is 1.50 bits per heavy atom. The Labute approximate surface area is 161 Å². The van der Waals surface area contributed by atoms with Crippen LogP contribution >= 0.6 is 0 Å². The predicted molar refractivity (Wildman–Crippen MR) is 108 cm³/mol. The number of fused-ring (bicyclic) bond motifs is 3. The van der Waals surface area contributed by atoms with Crippen LogP contribution in [0.4, 0.5) is 0 Å². The molecule has 0 bridgehead atoms. The molecular formula is C22H19N3O3. The van der Waals surface area contributed by atoms with E-state index in [0.717, 1.165) is 22.0 Å². The Morgan fingerprint density at radius 1 is 0.821 bits per heavy atom.